The SMILES string of the molecule is Cc1onc(-c2ccccc2)c1C(=O)OCC(=O)NC(C)C. The van der Waals surface area contributed by atoms with Crippen molar-refractivity contribution in [2.24, 2.45) is 0 Å². The summed E-state index contributed by atoms with van der Waals surface area (Å²) < 4.78 is 10.1. The van der Waals surface area contributed by atoms with Crippen molar-refractivity contribution < 1.29 is 18.8 Å². The van der Waals surface area contributed by atoms with Gasteiger partial charge in [0.05, 0.1) is 0 Å². The van der Waals surface area contributed by atoms with Crippen LogP contribution in [0.5, 0.6) is 0 Å². The van der Waals surface area contributed by atoms with Gasteiger partial charge in [0, 0.05) is 11.6 Å². The van der Waals surface area contributed by atoms with Gasteiger partial charge in [-0.25, -0.2) is 4.79 Å². The molecule has 2 rings (SSSR count). The lowest BCUT2D eigenvalue weighted by atomic mass is 10.1. The third-order valence-electron chi connectivity index (χ3n) is 2.90. The summed E-state index contributed by atoms with van der Waals surface area (Å²) in [6, 6.07) is 9.17. The lowest BCUT2D eigenvalue weighted by Crippen LogP contribution is -2.34. The molecule has 0 radical (unpaired) electrons. The smallest absolute Gasteiger partial charge is 0.344 e. The molecule has 116 valence electrons. The second-order valence-corrected chi connectivity index (χ2v) is 5.13. The monoisotopic (exact) mass is 302 g/mol. The zero-order valence-corrected chi connectivity index (χ0v) is 12.8. The van der Waals surface area contributed by atoms with E-state index in [0.717, 1.165) is 5.56 Å². The van der Waals surface area contributed by atoms with Crippen LogP contribution in [0.3, 0.4) is 0 Å². The Morgan fingerprint density at radius 1 is 1.27 bits per heavy atom. The summed E-state index contributed by atoms with van der Waals surface area (Å²) in [6.45, 7) is 4.95. The molecule has 0 atom stereocenters. The minimum absolute atomic E-state index is 0.0107. The Balaban J connectivity index is 2.14. The number of carbonyl (C=O) groups is 2. The Labute approximate surface area is 128 Å². The van der Waals surface area contributed by atoms with E-state index in [4.69, 9.17) is 9.26 Å². The molecule has 0 aliphatic rings. The number of hydrogen-bond acceptors (Lipinski definition) is 5. The van der Waals surface area contributed by atoms with Crippen LogP contribution < -0.4 is 5.32 Å². The second-order valence-electron chi connectivity index (χ2n) is 5.13. The van der Waals surface area contributed by atoms with E-state index in [9.17, 15) is 9.59 Å². The molecule has 0 saturated heterocycles. The Morgan fingerprint density at radius 3 is 2.59 bits per heavy atom. The molecule has 1 aromatic carbocycles. The first-order valence-electron chi connectivity index (χ1n) is 6.97. The Bertz CT molecular complexity index is 662. The maximum absolute atomic E-state index is 12.2. The van der Waals surface area contributed by atoms with Gasteiger partial charge in [-0.15, -0.1) is 0 Å². The van der Waals surface area contributed by atoms with Crippen LogP contribution in [0, 0.1) is 6.92 Å². The van der Waals surface area contributed by atoms with Gasteiger partial charge in [0.2, 0.25) is 0 Å². The fourth-order valence-electron chi connectivity index (χ4n) is 1.97. The highest BCUT2D eigenvalue weighted by atomic mass is 16.5. The van der Waals surface area contributed by atoms with Gasteiger partial charge in [0.15, 0.2) is 6.61 Å². The van der Waals surface area contributed by atoms with E-state index in [0.29, 0.717) is 11.5 Å². The van der Waals surface area contributed by atoms with E-state index in [-0.39, 0.29) is 24.1 Å². The summed E-state index contributed by atoms with van der Waals surface area (Å²) >= 11 is 0. The molecule has 1 heterocycles. The molecule has 0 aliphatic heterocycles. The van der Waals surface area contributed by atoms with Crippen molar-refractivity contribution in [3.63, 3.8) is 0 Å². The molecular formula is C16H18N2O4. The molecule has 2 aromatic rings. The quantitative estimate of drug-likeness (QED) is 0.857. The van der Waals surface area contributed by atoms with Crippen molar-refractivity contribution in [2.75, 3.05) is 6.61 Å². The predicted octanol–water partition coefficient (Wildman–Crippen LogP) is 2.33. The number of rotatable bonds is 5. The molecule has 0 aliphatic carbocycles. The summed E-state index contributed by atoms with van der Waals surface area (Å²) in [6.07, 6.45) is 0. The van der Waals surface area contributed by atoms with Gasteiger partial charge in [-0.1, -0.05) is 35.5 Å². The zero-order chi connectivity index (χ0) is 16.1. The van der Waals surface area contributed by atoms with E-state index in [1.165, 1.54) is 0 Å². The Kier molecular flexibility index (Phi) is 4.93. The number of aromatic nitrogens is 1. The van der Waals surface area contributed by atoms with Gasteiger partial charge in [0.1, 0.15) is 17.0 Å². The first-order valence-corrected chi connectivity index (χ1v) is 6.97. The van der Waals surface area contributed by atoms with Crippen molar-refractivity contribution in [1.82, 2.24) is 10.5 Å². The van der Waals surface area contributed by atoms with E-state index < -0.39 is 5.97 Å². The Morgan fingerprint density at radius 2 is 1.95 bits per heavy atom. The average molecular weight is 302 g/mol. The van der Waals surface area contributed by atoms with Crippen molar-refractivity contribution in [3.8, 4) is 11.3 Å². The molecule has 0 spiro atoms. The first-order chi connectivity index (χ1) is 10.5. The number of carbonyl (C=O) groups excluding carboxylic acids is 2. The van der Waals surface area contributed by atoms with Crippen molar-refractivity contribution >= 4 is 11.9 Å². The number of nitrogens with one attached hydrogen (secondary N) is 1. The summed E-state index contributed by atoms with van der Waals surface area (Å²) in [5.41, 5.74) is 1.40. The molecular weight excluding hydrogens is 284 g/mol. The normalized spacial score (nSPS) is 10.5. The number of esters is 1. The third-order valence-corrected chi connectivity index (χ3v) is 2.90. The highest BCUT2D eigenvalue weighted by Gasteiger charge is 2.23. The van der Waals surface area contributed by atoms with Crippen LogP contribution in [0.2, 0.25) is 0 Å². The zero-order valence-electron chi connectivity index (χ0n) is 12.8. The van der Waals surface area contributed by atoms with Crippen LogP contribution >= 0.6 is 0 Å². The van der Waals surface area contributed by atoms with Crippen molar-refractivity contribution in [1.29, 1.82) is 0 Å². The van der Waals surface area contributed by atoms with Gasteiger partial charge < -0.3 is 14.6 Å². The number of hydrogen-bond donors (Lipinski definition) is 1. The summed E-state index contributed by atoms with van der Waals surface area (Å²) in [4.78, 5) is 23.7. The largest absolute Gasteiger partial charge is 0.452 e. The van der Waals surface area contributed by atoms with E-state index in [1.807, 2.05) is 44.2 Å². The maximum atomic E-state index is 12.2. The lowest BCUT2D eigenvalue weighted by molar-refractivity contribution is -0.124. The van der Waals surface area contributed by atoms with Crippen molar-refractivity contribution in [2.45, 2.75) is 26.8 Å². The van der Waals surface area contributed by atoms with Gasteiger partial charge >= 0.3 is 5.97 Å². The van der Waals surface area contributed by atoms with Crippen LogP contribution in [0.1, 0.15) is 30.0 Å². The van der Waals surface area contributed by atoms with Gasteiger partial charge in [-0.2, -0.15) is 0 Å². The third kappa shape index (κ3) is 3.72. The number of ether oxygens (including phenoxy) is 1. The van der Waals surface area contributed by atoms with Crippen LogP contribution in [-0.4, -0.2) is 29.7 Å². The Hall–Kier alpha value is -2.63. The number of nitrogens with zero attached hydrogens (tertiary/aromatic N) is 1. The fraction of sp³-hybridized carbons (Fsp3) is 0.312. The highest BCUT2D eigenvalue weighted by molar-refractivity contribution is 5.98. The molecule has 6 heteroatoms. The van der Waals surface area contributed by atoms with Crippen molar-refractivity contribution in [3.05, 3.63) is 41.7 Å². The summed E-state index contributed by atoms with van der Waals surface area (Å²) in [5.74, 6) is -0.622. The predicted molar refractivity (Wildman–Crippen MR) is 80.2 cm³/mol. The summed E-state index contributed by atoms with van der Waals surface area (Å²) in [7, 11) is 0. The van der Waals surface area contributed by atoms with E-state index >= 15 is 0 Å². The molecule has 0 bridgehead atoms. The first kappa shape index (κ1) is 15.8. The lowest BCUT2D eigenvalue weighted by Gasteiger charge is -2.09. The van der Waals surface area contributed by atoms with Gasteiger partial charge in [0.25, 0.3) is 5.91 Å². The minimum Gasteiger partial charge on any atom is -0.452 e. The van der Waals surface area contributed by atoms with Crippen LogP contribution in [0.15, 0.2) is 34.9 Å². The summed E-state index contributed by atoms with van der Waals surface area (Å²) in [5, 5.41) is 6.56. The number of amides is 1. The second kappa shape index (κ2) is 6.89. The topological polar surface area (TPSA) is 81.4 Å². The number of aryl methyl sites for hydroxylation is 1. The van der Waals surface area contributed by atoms with E-state index in [2.05, 4.69) is 10.5 Å². The molecule has 0 unspecified atom stereocenters. The molecule has 1 amide bonds. The molecule has 1 N–H and O–H groups in total. The van der Waals surface area contributed by atoms with Crippen LogP contribution in [0.4, 0.5) is 0 Å². The molecule has 0 fully saturated rings. The van der Waals surface area contributed by atoms with Gasteiger partial charge in [-0.05, 0) is 20.8 Å². The minimum atomic E-state index is -0.628. The van der Waals surface area contributed by atoms with E-state index in [1.54, 1.807) is 6.92 Å². The standard InChI is InChI=1S/C16H18N2O4/c1-10(2)17-13(19)9-21-16(20)14-11(3)22-18-15(14)12-7-5-4-6-8-12/h4-8,10H,9H2,1-3H3,(H,17,19). The maximum Gasteiger partial charge on any atom is 0.344 e. The van der Waals surface area contributed by atoms with Gasteiger partial charge in [-0.3, -0.25) is 4.79 Å². The fourth-order valence-corrected chi connectivity index (χ4v) is 1.97. The van der Waals surface area contributed by atoms with Crippen LogP contribution in [-0.2, 0) is 9.53 Å². The molecule has 22 heavy (non-hydrogen) atoms. The molecule has 6 nitrogen and oxygen atoms in total. The average Bonchev–Trinajstić information content (AvgIpc) is 2.87. The molecule has 0 saturated carbocycles. The van der Waals surface area contributed by atoms with Crippen LogP contribution in [0.25, 0.3) is 11.3 Å². The number of benzene rings is 1. The molecule has 1 aromatic heterocycles. The highest BCUT2D eigenvalue weighted by Crippen LogP contribution is 2.25.